The molecule has 2 aromatic carbocycles. The first-order valence-electron chi connectivity index (χ1n) is 6.40. The van der Waals surface area contributed by atoms with Crippen LogP contribution in [0.3, 0.4) is 0 Å². The van der Waals surface area contributed by atoms with Crippen LogP contribution in [0.15, 0.2) is 40.9 Å². The van der Waals surface area contributed by atoms with E-state index in [2.05, 4.69) is 15.9 Å². The molecule has 20 heavy (non-hydrogen) atoms. The van der Waals surface area contributed by atoms with E-state index in [1.165, 1.54) is 12.1 Å². The van der Waals surface area contributed by atoms with Gasteiger partial charge in [0.1, 0.15) is 18.2 Å². The molecule has 0 fully saturated rings. The van der Waals surface area contributed by atoms with Crippen LogP contribution in [-0.2, 0) is 6.61 Å². The van der Waals surface area contributed by atoms with Crippen molar-refractivity contribution in [3.8, 4) is 5.75 Å². The third-order valence-electron chi connectivity index (χ3n) is 3.12. The third-order valence-corrected chi connectivity index (χ3v) is 3.86. The smallest absolute Gasteiger partial charge is 0.124 e. The lowest BCUT2D eigenvalue weighted by atomic mass is 10.1. The minimum Gasteiger partial charge on any atom is -0.489 e. The highest BCUT2D eigenvalue weighted by atomic mass is 79.9. The van der Waals surface area contributed by atoms with E-state index in [9.17, 15) is 4.39 Å². The molecule has 0 aromatic heterocycles. The molecule has 2 N–H and O–H groups in total. The molecule has 106 valence electrons. The lowest BCUT2D eigenvalue weighted by Gasteiger charge is -2.13. The van der Waals surface area contributed by atoms with Crippen molar-refractivity contribution < 1.29 is 9.13 Å². The van der Waals surface area contributed by atoms with Crippen LogP contribution in [0.4, 0.5) is 4.39 Å². The van der Waals surface area contributed by atoms with Gasteiger partial charge in [-0.05, 0) is 43.2 Å². The molecular formula is C16H17BrFNO. The van der Waals surface area contributed by atoms with Crippen molar-refractivity contribution >= 4 is 15.9 Å². The Morgan fingerprint density at radius 3 is 2.60 bits per heavy atom. The minimum atomic E-state index is -0.266. The highest BCUT2D eigenvalue weighted by molar-refractivity contribution is 9.10. The summed E-state index contributed by atoms with van der Waals surface area (Å²) in [6, 6.07) is 10.5. The van der Waals surface area contributed by atoms with E-state index in [4.69, 9.17) is 10.5 Å². The predicted octanol–water partition coefficient (Wildman–Crippen LogP) is 4.50. The predicted molar refractivity (Wildman–Crippen MR) is 82.2 cm³/mol. The lowest BCUT2D eigenvalue weighted by molar-refractivity contribution is 0.303. The second-order valence-corrected chi connectivity index (χ2v) is 5.69. The van der Waals surface area contributed by atoms with Crippen LogP contribution in [0, 0.1) is 12.7 Å². The summed E-state index contributed by atoms with van der Waals surface area (Å²) in [7, 11) is 0. The van der Waals surface area contributed by atoms with Gasteiger partial charge < -0.3 is 10.5 Å². The van der Waals surface area contributed by atoms with E-state index in [1.807, 2.05) is 32.0 Å². The number of rotatable bonds is 4. The molecule has 1 unspecified atom stereocenters. The van der Waals surface area contributed by atoms with Crippen LogP contribution in [0.1, 0.15) is 29.7 Å². The summed E-state index contributed by atoms with van der Waals surface area (Å²) in [5.74, 6) is 0.545. The number of aryl methyl sites for hydroxylation is 1. The van der Waals surface area contributed by atoms with Gasteiger partial charge in [0.15, 0.2) is 0 Å². The molecule has 0 aliphatic carbocycles. The van der Waals surface area contributed by atoms with E-state index < -0.39 is 0 Å². The molecule has 2 nitrogen and oxygen atoms in total. The zero-order valence-electron chi connectivity index (χ0n) is 11.5. The van der Waals surface area contributed by atoms with Crippen molar-refractivity contribution in [2.75, 3.05) is 0 Å². The zero-order chi connectivity index (χ0) is 14.7. The molecule has 0 amide bonds. The topological polar surface area (TPSA) is 35.2 Å². The Balaban J connectivity index is 2.11. The molecule has 0 heterocycles. The fraction of sp³-hybridized carbons (Fsp3) is 0.250. The van der Waals surface area contributed by atoms with Crippen molar-refractivity contribution in [3.63, 3.8) is 0 Å². The van der Waals surface area contributed by atoms with Crippen molar-refractivity contribution in [1.29, 1.82) is 0 Å². The molecule has 4 heteroatoms. The molecule has 2 rings (SSSR count). The standard InChI is InChI=1S/C16H17BrFNO/c1-10-7-12(11(2)19)4-6-16(10)20-9-13-3-5-14(18)8-15(13)17/h3-8,11H,9,19H2,1-2H3. The van der Waals surface area contributed by atoms with Gasteiger partial charge in [0.2, 0.25) is 0 Å². The highest BCUT2D eigenvalue weighted by Gasteiger charge is 2.06. The molecule has 1 atom stereocenters. The van der Waals surface area contributed by atoms with Crippen molar-refractivity contribution in [2.45, 2.75) is 26.5 Å². The molecule has 0 bridgehead atoms. The number of hydrogen-bond donors (Lipinski definition) is 1. The third kappa shape index (κ3) is 3.58. The van der Waals surface area contributed by atoms with Gasteiger partial charge in [-0.1, -0.05) is 34.1 Å². The maximum Gasteiger partial charge on any atom is 0.124 e. The molecule has 0 aliphatic rings. The van der Waals surface area contributed by atoms with Crippen molar-refractivity contribution in [2.24, 2.45) is 5.73 Å². The number of ether oxygens (including phenoxy) is 1. The average molecular weight is 338 g/mol. The average Bonchev–Trinajstić information content (AvgIpc) is 2.38. The molecule has 0 saturated heterocycles. The number of benzene rings is 2. The van der Waals surface area contributed by atoms with Gasteiger partial charge in [-0.2, -0.15) is 0 Å². The maximum absolute atomic E-state index is 13.0. The molecule has 0 radical (unpaired) electrons. The van der Waals surface area contributed by atoms with E-state index in [1.54, 1.807) is 6.07 Å². The first-order valence-corrected chi connectivity index (χ1v) is 7.19. The molecule has 0 spiro atoms. The first kappa shape index (κ1) is 15.0. The van der Waals surface area contributed by atoms with Crippen LogP contribution < -0.4 is 10.5 Å². The van der Waals surface area contributed by atoms with Crippen LogP contribution >= 0.6 is 15.9 Å². The largest absolute Gasteiger partial charge is 0.489 e. The van der Waals surface area contributed by atoms with E-state index in [0.717, 1.165) is 22.4 Å². The molecule has 0 saturated carbocycles. The quantitative estimate of drug-likeness (QED) is 0.891. The Labute approximate surface area is 126 Å². The summed E-state index contributed by atoms with van der Waals surface area (Å²) in [5.41, 5.74) is 8.88. The summed E-state index contributed by atoms with van der Waals surface area (Å²) >= 11 is 3.33. The Kier molecular flexibility index (Phi) is 4.78. The van der Waals surface area contributed by atoms with Gasteiger partial charge in [-0.25, -0.2) is 4.39 Å². The number of hydrogen-bond acceptors (Lipinski definition) is 2. The maximum atomic E-state index is 13.0. The molecule has 2 aromatic rings. The first-order chi connectivity index (χ1) is 9.47. The SMILES string of the molecule is Cc1cc(C(C)N)ccc1OCc1ccc(F)cc1Br. The monoisotopic (exact) mass is 337 g/mol. The Morgan fingerprint density at radius 1 is 1.25 bits per heavy atom. The second kappa shape index (κ2) is 6.37. The zero-order valence-corrected chi connectivity index (χ0v) is 13.1. The molecule has 0 aliphatic heterocycles. The van der Waals surface area contributed by atoms with Crippen molar-refractivity contribution in [1.82, 2.24) is 0 Å². The highest BCUT2D eigenvalue weighted by Crippen LogP contribution is 2.24. The van der Waals surface area contributed by atoms with Gasteiger partial charge in [0, 0.05) is 16.1 Å². The number of nitrogens with two attached hydrogens (primary N) is 1. The Hall–Kier alpha value is -1.39. The van der Waals surface area contributed by atoms with Crippen LogP contribution in [0.5, 0.6) is 5.75 Å². The van der Waals surface area contributed by atoms with Gasteiger partial charge in [-0.15, -0.1) is 0 Å². The fourth-order valence-electron chi connectivity index (χ4n) is 1.91. The lowest BCUT2D eigenvalue weighted by Crippen LogP contribution is -2.05. The van der Waals surface area contributed by atoms with Crippen LogP contribution in [0.25, 0.3) is 0 Å². The van der Waals surface area contributed by atoms with Crippen LogP contribution in [-0.4, -0.2) is 0 Å². The second-order valence-electron chi connectivity index (χ2n) is 4.84. The van der Waals surface area contributed by atoms with E-state index in [0.29, 0.717) is 11.1 Å². The van der Waals surface area contributed by atoms with Gasteiger partial charge in [-0.3, -0.25) is 0 Å². The summed E-state index contributed by atoms with van der Waals surface area (Å²) in [4.78, 5) is 0. The van der Waals surface area contributed by atoms with Gasteiger partial charge >= 0.3 is 0 Å². The fourth-order valence-corrected chi connectivity index (χ4v) is 2.38. The summed E-state index contributed by atoms with van der Waals surface area (Å²) in [6.07, 6.45) is 0. The van der Waals surface area contributed by atoms with E-state index in [-0.39, 0.29) is 11.9 Å². The van der Waals surface area contributed by atoms with Gasteiger partial charge in [0.05, 0.1) is 0 Å². The van der Waals surface area contributed by atoms with E-state index >= 15 is 0 Å². The number of halogens is 2. The minimum absolute atomic E-state index is 0.00833. The molecular weight excluding hydrogens is 321 g/mol. The van der Waals surface area contributed by atoms with Crippen LogP contribution in [0.2, 0.25) is 0 Å². The Bertz CT molecular complexity index is 613. The summed E-state index contributed by atoms with van der Waals surface area (Å²) in [5, 5.41) is 0. The normalized spacial score (nSPS) is 12.2. The summed E-state index contributed by atoms with van der Waals surface area (Å²) < 4.78 is 19.5. The Morgan fingerprint density at radius 2 is 2.00 bits per heavy atom. The van der Waals surface area contributed by atoms with Gasteiger partial charge in [0.25, 0.3) is 0 Å². The van der Waals surface area contributed by atoms with Crippen molar-refractivity contribution in [3.05, 3.63) is 63.4 Å². The summed E-state index contributed by atoms with van der Waals surface area (Å²) in [6.45, 7) is 4.32.